The average Bonchev–Trinajstić information content (AvgIpc) is 2.30. The number of carbonyl (C=O) groups is 2. The molecule has 0 spiro atoms. The molecule has 104 valence electrons. The number of hydrogen-bond donors (Lipinski definition) is 2. The first kappa shape index (κ1) is 14.8. The van der Waals surface area contributed by atoms with Crippen LogP contribution < -0.4 is 20.9 Å². The standard InChI is InChI=1S/C13H18N2O4/c1-3-4-5-9-6-10(18-12(14)16)8(2)11(7-9)19-13(15)17/h6-7H,3-5H2,1-2H3,(H2,14,16)(H2,15,17). The van der Waals surface area contributed by atoms with Gasteiger partial charge in [0, 0.05) is 5.56 Å². The molecule has 0 atom stereocenters. The summed E-state index contributed by atoms with van der Waals surface area (Å²) in [6, 6.07) is 3.42. The van der Waals surface area contributed by atoms with Crippen LogP contribution in [-0.2, 0) is 6.42 Å². The Hall–Kier alpha value is -2.24. The number of ether oxygens (including phenoxy) is 2. The van der Waals surface area contributed by atoms with Gasteiger partial charge in [0.15, 0.2) is 0 Å². The summed E-state index contributed by atoms with van der Waals surface area (Å²) in [7, 11) is 0. The van der Waals surface area contributed by atoms with Crippen LogP contribution in [-0.4, -0.2) is 12.2 Å². The monoisotopic (exact) mass is 266 g/mol. The van der Waals surface area contributed by atoms with Crippen LogP contribution in [0.25, 0.3) is 0 Å². The molecule has 4 N–H and O–H groups in total. The van der Waals surface area contributed by atoms with Crippen molar-refractivity contribution in [3.05, 3.63) is 23.3 Å². The van der Waals surface area contributed by atoms with Crippen molar-refractivity contribution in [2.45, 2.75) is 33.1 Å². The van der Waals surface area contributed by atoms with Gasteiger partial charge in [0.1, 0.15) is 11.5 Å². The van der Waals surface area contributed by atoms with Crippen molar-refractivity contribution in [1.82, 2.24) is 0 Å². The van der Waals surface area contributed by atoms with Crippen LogP contribution in [0.5, 0.6) is 11.5 Å². The molecule has 0 heterocycles. The van der Waals surface area contributed by atoms with Gasteiger partial charge in [-0.2, -0.15) is 0 Å². The smallest absolute Gasteiger partial charge is 0.409 e. The van der Waals surface area contributed by atoms with E-state index in [0.717, 1.165) is 24.8 Å². The van der Waals surface area contributed by atoms with E-state index < -0.39 is 12.2 Å². The highest BCUT2D eigenvalue weighted by Crippen LogP contribution is 2.30. The van der Waals surface area contributed by atoms with Crippen LogP contribution >= 0.6 is 0 Å². The van der Waals surface area contributed by atoms with Crippen molar-refractivity contribution in [3.8, 4) is 11.5 Å². The second-order valence-electron chi connectivity index (χ2n) is 4.16. The van der Waals surface area contributed by atoms with Crippen molar-refractivity contribution < 1.29 is 19.1 Å². The summed E-state index contributed by atoms with van der Waals surface area (Å²) in [4.78, 5) is 21.7. The predicted octanol–water partition coefficient (Wildman–Crippen LogP) is 2.25. The van der Waals surface area contributed by atoms with E-state index in [-0.39, 0.29) is 11.5 Å². The molecule has 0 unspecified atom stereocenters. The van der Waals surface area contributed by atoms with E-state index in [1.54, 1.807) is 19.1 Å². The summed E-state index contributed by atoms with van der Waals surface area (Å²) in [5.74, 6) is 0.551. The van der Waals surface area contributed by atoms with Gasteiger partial charge in [-0.05, 0) is 37.5 Å². The minimum atomic E-state index is -0.916. The third-order valence-corrected chi connectivity index (χ3v) is 2.61. The summed E-state index contributed by atoms with van der Waals surface area (Å²) >= 11 is 0. The molecule has 0 aliphatic rings. The Morgan fingerprint density at radius 2 is 1.58 bits per heavy atom. The molecule has 0 fully saturated rings. The van der Waals surface area contributed by atoms with Gasteiger partial charge in [-0.25, -0.2) is 9.59 Å². The first-order chi connectivity index (χ1) is 8.93. The molecule has 0 aliphatic heterocycles. The van der Waals surface area contributed by atoms with Crippen molar-refractivity contribution >= 4 is 12.2 Å². The van der Waals surface area contributed by atoms with Crippen LogP contribution in [0.3, 0.4) is 0 Å². The predicted molar refractivity (Wildman–Crippen MR) is 70.2 cm³/mol. The fourth-order valence-electron chi connectivity index (χ4n) is 1.67. The molecule has 1 aromatic rings. The number of primary amides is 2. The van der Waals surface area contributed by atoms with Crippen molar-refractivity contribution in [2.24, 2.45) is 11.5 Å². The zero-order valence-electron chi connectivity index (χ0n) is 11.1. The lowest BCUT2D eigenvalue weighted by Crippen LogP contribution is -2.19. The Kier molecular flexibility index (Phi) is 5.17. The molecule has 6 nitrogen and oxygen atoms in total. The molecule has 0 saturated heterocycles. The van der Waals surface area contributed by atoms with Gasteiger partial charge in [0.25, 0.3) is 0 Å². The van der Waals surface area contributed by atoms with Crippen LogP contribution in [0, 0.1) is 6.92 Å². The molecule has 1 aromatic carbocycles. The van der Waals surface area contributed by atoms with Crippen LogP contribution in [0.1, 0.15) is 30.9 Å². The lowest BCUT2D eigenvalue weighted by atomic mass is 10.0. The van der Waals surface area contributed by atoms with E-state index in [1.165, 1.54) is 0 Å². The highest BCUT2D eigenvalue weighted by molar-refractivity contribution is 5.71. The number of amides is 2. The van der Waals surface area contributed by atoms with Crippen molar-refractivity contribution in [2.75, 3.05) is 0 Å². The fourth-order valence-corrected chi connectivity index (χ4v) is 1.67. The Morgan fingerprint density at radius 3 is 1.95 bits per heavy atom. The minimum absolute atomic E-state index is 0.275. The van der Waals surface area contributed by atoms with Gasteiger partial charge in [0.2, 0.25) is 0 Å². The maximum Gasteiger partial charge on any atom is 0.409 e. The summed E-state index contributed by atoms with van der Waals surface area (Å²) in [6.07, 6.45) is 0.934. The SMILES string of the molecule is CCCCc1cc(OC(N)=O)c(C)c(OC(N)=O)c1. The molecule has 2 amide bonds. The average molecular weight is 266 g/mol. The lowest BCUT2D eigenvalue weighted by Gasteiger charge is -2.12. The van der Waals surface area contributed by atoms with Crippen LogP contribution in [0.2, 0.25) is 0 Å². The molecular weight excluding hydrogens is 248 g/mol. The zero-order chi connectivity index (χ0) is 14.4. The number of unbranched alkanes of at least 4 members (excludes halogenated alkanes) is 1. The third-order valence-electron chi connectivity index (χ3n) is 2.61. The second kappa shape index (κ2) is 6.63. The molecule has 0 radical (unpaired) electrons. The van der Waals surface area contributed by atoms with Crippen LogP contribution in [0.15, 0.2) is 12.1 Å². The van der Waals surface area contributed by atoms with E-state index in [0.29, 0.717) is 5.56 Å². The fraction of sp³-hybridized carbons (Fsp3) is 0.385. The van der Waals surface area contributed by atoms with Gasteiger partial charge in [-0.1, -0.05) is 13.3 Å². The van der Waals surface area contributed by atoms with E-state index in [4.69, 9.17) is 20.9 Å². The van der Waals surface area contributed by atoms with E-state index >= 15 is 0 Å². The molecule has 0 aromatic heterocycles. The summed E-state index contributed by atoms with van der Waals surface area (Å²) in [5.41, 5.74) is 11.4. The molecule has 0 bridgehead atoms. The Bertz CT molecular complexity index is 449. The largest absolute Gasteiger partial charge is 0.410 e. The lowest BCUT2D eigenvalue weighted by molar-refractivity contribution is 0.208. The van der Waals surface area contributed by atoms with Gasteiger partial charge < -0.3 is 20.9 Å². The molecule has 19 heavy (non-hydrogen) atoms. The first-order valence-corrected chi connectivity index (χ1v) is 6.02. The normalized spacial score (nSPS) is 10.0. The number of nitrogens with two attached hydrogens (primary N) is 2. The van der Waals surface area contributed by atoms with Gasteiger partial charge in [-0.15, -0.1) is 0 Å². The number of aryl methyl sites for hydroxylation is 1. The Balaban J connectivity index is 3.13. The summed E-state index contributed by atoms with van der Waals surface area (Å²) in [5, 5.41) is 0. The van der Waals surface area contributed by atoms with Crippen LogP contribution in [0.4, 0.5) is 9.59 Å². The molecule has 1 rings (SSSR count). The highest BCUT2D eigenvalue weighted by atomic mass is 16.6. The van der Waals surface area contributed by atoms with Gasteiger partial charge in [-0.3, -0.25) is 0 Å². The van der Waals surface area contributed by atoms with Crippen molar-refractivity contribution in [1.29, 1.82) is 0 Å². The topological polar surface area (TPSA) is 105 Å². The maximum absolute atomic E-state index is 10.8. The number of carbonyl (C=O) groups excluding carboxylic acids is 2. The Labute approximate surface area is 111 Å². The maximum atomic E-state index is 10.8. The van der Waals surface area contributed by atoms with Crippen molar-refractivity contribution in [3.63, 3.8) is 0 Å². The first-order valence-electron chi connectivity index (χ1n) is 6.02. The third kappa shape index (κ3) is 4.50. The quantitative estimate of drug-likeness (QED) is 0.852. The Morgan fingerprint density at radius 1 is 1.11 bits per heavy atom. The second-order valence-corrected chi connectivity index (χ2v) is 4.16. The molecule has 0 saturated carbocycles. The number of benzene rings is 1. The van der Waals surface area contributed by atoms with E-state index in [1.807, 2.05) is 0 Å². The zero-order valence-corrected chi connectivity index (χ0v) is 11.1. The highest BCUT2D eigenvalue weighted by Gasteiger charge is 2.13. The van der Waals surface area contributed by atoms with Gasteiger partial charge in [0.05, 0.1) is 0 Å². The molecule has 6 heteroatoms. The minimum Gasteiger partial charge on any atom is -0.410 e. The van der Waals surface area contributed by atoms with Gasteiger partial charge >= 0.3 is 12.2 Å². The summed E-state index contributed by atoms with van der Waals surface area (Å²) in [6.45, 7) is 3.72. The summed E-state index contributed by atoms with van der Waals surface area (Å²) < 4.78 is 9.79. The molecule has 0 aliphatic carbocycles. The number of hydrogen-bond acceptors (Lipinski definition) is 4. The van der Waals surface area contributed by atoms with E-state index in [9.17, 15) is 9.59 Å². The number of rotatable bonds is 5. The van der Waals surface area contributed by atoms with E-state index in [2.05, 4.69) is 6.92 Å². The molecular formula is C13H18N2O4.